The van der Waals surface area contributed by atoms with Crippen molar-refractivity contribution in [3.05, 3.63) is 0 Å². The molecule has 3 heteroatoms. The summed E-state index contributed by atoms with van der Waals surface area (Å²) in [5, 5.41) is 3.45. The first-order valence-corrected chi connectivity index (χ1v) is 6.47. The molecule has 0 aliphatic carbocycles. The van der Waals surface area contributed by atoms with Crippen molar-refractivity contribution in [2.45, 2.75) is 26.3 Å². The molecule has 0 heterocycles. The highest BCUT2D eigenvalue weighted by Gasteiger charge is 2.00. The fourth-order valence-corrected chi connectivity index (χ4v) is 1.41. The molecule has 0 saturated carbocycles. The summed E-state index contributed by atoms with van der Waals surface area (Å²) in [5.74, 6) is 1.27. The van der Waals surface area contributed by atoms with E-state index in [0.29, 0.717) is 6.04 Å². The van der Waals surface area contributed by atoms with Crippen LogP contribution in [0.5, 0.6) is 0 Å². The Bertz CT molecular complexity index is 107. The van der Waals surface area contributed by atoms with Crippen LogP contribution in [0.1, 0.15) is 20.3 Å². The highest BCUT2D eigenvalue weighted by Crippen LogP contribution is 1.93. The average molecular weight is 204 g/mol. The molecule has 0 aromatic heterocycles. The second kappa shape index (κ2) is 8.85. The quantitative estimate of drug-likeness (QED) is 0.606. The number of nitrogens with one attached hydrogen (secondary N) is 1. The molecule has 0 unspecified atom stereocenters. The second-order valence-corrected chi connectivity index (χ2v) is 4.66. The standard InChI is InChI=1S/C10H24N2S/c1-10(2)12(3)8-7-11-6-5-9-13-4/h10-11H,5-9H2,1-4H3. The smallest absolute Gasteiger partial charge is 0.0106 e. The minimum Gasteiger partial charge on any atom is -0.315 e. The van der Waals surface area contributed by atoms with Crippen LogP contribution in [0, 0.1) is 0 Å². The SMILES string of the molecule is CSCCCNCCN(C)C(C)C. The van der Waals surface area contributed by atoms with E-state index >= 15 is 0 Å². The summed E-state index contributed by atoms with van der Waals surface area (Å²) in [6, 6.07) is 0.660. The molecule has 13 heavy (non-hydrogen) atoms. The number of nitrogens with zero attached hydrogens (tertiary/aromatic N) is 1. The van der Waals surface area contributed by atoms with E-state index in [1.54, 1.807) is 0 Å². The van der Waals surface area contributed by atoms with E-state index in [0.717, 1.165) is 19.6 Å². The highest BCUT2D eigenvalue weighted by atomic mass is 32.2. The summed E-state index contributed by atoms with van der Waals surface area (Å²) in [4.78, 5) is 2.36. The van der Waals surface area contributed by atoms with Crippen molar-refractivity contribution in [2.24, 2.45) is 0 Å². The molecular formula is C10H24N2S. The summed E-state index contributed by atoms with van der Waals surface area (Å²) in [5.41, 5.74) is 0. The van der Waals surface area contributed by atoms with Crippen LogP contribution in [-0.2, 0) is 0 Å². The Morgan fingerprint density at radius 1 is 1.31 bits per heavy atom. The lowest BCUT2D eigenvalue weighted by Gasteiger charge is -2.20. The maximum atomic E-state index is 3.45. The van der Waals surface area contributed by atoms with E-state index < -0.39 is 0 Å². The minimum absolute atomic E-state index is 0.660. The lowest BCUT2D eigenvalue weighted by atomic mass is 10.3. The van der Waals surface area contributed by atoms with E-state index in [9.17, 15) is 0 Å². The van der Waals surface area contributed by atoms with Gasteiger partial charge in [0.05, 0.1) is 0 Å². The monoisotopic (exact) mass is 204 g/mol. The van der Waals surface area contributed by atoms with Gasteiger partial charge in [0.1, 0.15) is 0 Å². The number of rotatable bonds is 8. The molecule has 0 spiro atoms. The van der Waals surface area contributed by atoms with E-state index in [2.05, 4.69) is 37.4 Å². The van der Waals surface area contributed by atoms with Crippen LogP contribution in [0.25, 0.3) is 0 Å². The second-order valence-electron chi connectivity index (χ2n) is 3.67. The van der Waals surface area contributed by atoms with Crippen LogP contribution in [0.15, 0.2) is 0 Å². The predicted octanol–water partition coefficient (Wildman–Crippen LogP) is 1.67. The Morgan fingerprint density at radius 3 is 2.54 bits per heavy atom. The zero-order valence-corrected chi connectivity index (χ0v) is 10.3. The van der Waals surface area contributed by atoms with Crippen LogP contribution in [0.4, 0.5) is 0 Å². The zero-order valence-electron chi connectivity index (χ0n) is 9.47. The highest BCUT2D eigenvalue weighted by molar-refractivity contribution is 7.98. The predicted molar refractivity (Wildman–Crippen MR) is 63.6 cm³/mol. The van der Waals surface area contributed by atoms with Crippen LogP contribution in [0.3, 0.4) is 0 Å². The molecular weight excluding hydrogens is 180 g/mol. The Balaban J connectivity index is 3.07. The van der Waals surface area contributed by atoms with Crippen molar-refractivity contribution in [2.75, 3.05) is 38.7 Å². The fourth-order valence-electron chi connectivity index (χ4n) is 0.980. The summed E-state index contributed by atoms with van der Waals surface area (Å²) in [6.07, 6.45) is 3.44. The van der Waals surface area contributed by atoms with Crippen LogP contribution >= 0.6 is 11.8 Å². The molecule has 0 aromatic rings. The van der Waals surface area contributed by atoms with Gasteiger partial charge in [0.25, 0.3) is 0 Å². The molecule has 0 bridgehead atoms. The first-order valence-electron chi connectivity index (χ1n) is 5.08. The molecule has 0 aliphatic heterocycles. The van der Waals surface area contributed by atoms with Gasteiger partial charge in [0.15, 0.2) is 0 Å². The third-order valence-corrected chi connectivity index (χ3v) is 2.92. The third-order valence-electron chi connectivity index (χ3n) is 2.22. The molecule has 1 N–H and O–H groups in total. The molecule has 80 valence electrons. The molecule has 0 saturated heterocycles. The number of hydrogen-bond acceptors (Lipinski definition) is 3. The average Bonchev–Trinajstić information content (AvgIpc) is 2.10. The Morgan fingerprint density at radius 2 is 2.00 bits per heavy atom. The molecule has 0 aromatic carbocycles. The maximum absolute atomic E-state index is 3.45. The topological polar surface area (TPSA) is 15.3 Å². The van der Waals surface area contributed by atoms with Gasteiger partial charge in [0.2, 0.25) is 0 Å². The van der Waals surface area contributed by atoms with Crippen molar-refractivity contribution < 1.29 is 0 Å². The Labute approximate surface area is 87.5 Å². The van der Waals surface area contributed by atoms with Crippen molar-refractivity contribution in [3.8, 4) is 0 Å². The van der Waals surface area contributed by atoms with Gasteiger partial charge in [-0.2, -0.15) is 11.8 Å². The van der Waals surface area contributed by atoms with E-state index in [1.165, 1.54) is 12.2 Å². The van der Waals surface area contributed by atoms with Gasteiger partial charge in [-0.05, 0) is 45.9 Å². The van der Waals surface area contributed by atoms with Gasteiger partial charge >= 0.3 is 0 Å². The number of hydrogen-bond donors (Lipinski definition) is 1. The first kappa shape index (κ1) is 13.3. The Kier molecular flexibility index (Phi) is 9.03. The molecule has 0 fully saturated rings. The third kappa shape index (κ3) is 8.60. The van der Waals surface area contributed by atoms with Crippen LogP contribution in [0.2, 0.25) is 0 Å². The molecule has 0 amide bonds. The van der Waals surface area contributed by atoms with Gasteiger partial charge in [-0.3, -0.25) is 0 Å². The van der Waals surface area contributed by atoms with E-state index in [-0.39, 0.29) is 0 Å². The summed E-state index contributed by atoms with van der Waals surface area (Å²) in [7, 11) is 2.17. The summed E-state index contributed by atoms with van der Waals surface area (Å²) < 4.78 is 0. The molecule has 2 nitrogen and oxygen atoms in total. The van der Waals surface area contributed by atoms with Crippen molar-refractivity contribution >= 4 is 11.8 Å². The van der Waals surface area contributed by atoms with E-state index in [4.69, 9.17) is 0 Å². The summed E-state index contributed by atoms with van der Waals surface area (Å²) in [6.45, 7) is 7.88. The molecule has 0 rings (SSSR count). The van der Waals surface area contributed by atoms with Gasteiger partial charge in [-0.1, -0.05) is 0 Å². The lowest BCUT2D eigenvalue weighted by molar-refractivity contribution is 0.273. The summed E-state index contributed by atoms with van der Waals surface area (Å²) >= 11 is 1.92. The number of thioether (sulfide) groups is 1. The zero-order chi connectivity index (χ0) is 10.1. The fraction of sp³-hybridized carbons (Fsp3) is 1.00. The molecule has 0 aliphatic rings. The molecule has 0 atom stereocenters. The van der Waals surface area contributed by atoms with Crippen LogP contribution < -0.4 is 5.32 Å². The van der Waals surface area contributed by atoms with E-state index in [1.807, 2.05) is 11.8 Å². The van der Waals surface area contributed by atoms with Gasteiger partial charge in [0, 0.05) is 19.1 Å². The largest absolute Gasteiger partial charge is 0.315 e. The van der Waals surface area contributed by atoms with Crippen LogP contribution in [-0.4, -0.2) is 49.6 Å². The molecule has 0 radical (unpaired) electrons. The van der Waals surface area contributed by atoms with Crippen molar-refractivity contribution in [1.29, 1.82) is 0 Å². The van der Waals surface area contributed by atoms with Gasteiger partial charge < -0.3 is 10.2 Å². The Hall–Kier alpha value is 0.270. The normalized spacial score (nSPS) is 11.5. The van der Waals surface area contributed by atoms with Crippen molar-refractivity contribution in [3.63, 3.8) is 0 Å². The van der Waals surface area contributed by atoms with Crippen molar-refractivity contribution in [1.82, 2.24) is 10.2 Å². The lowest BCUT2D eigenvalue weighted by Crippen LogP contribution is -2.34. The van der Waals surface area contributed by atoms with Gasteiger partial charge in [-0.15, -0.1) is 0 Å². The number of likely N-dealkylation sites (N-methyl/N-ethyl adjacent to an activating group) is 1. The maximum Gasteiger partial charge on any atom is 0.0106 e. The first-order chi connectivity index (χ1) is 6.18. The minimum atomic E-state index is 0.660. The van der Waals surface area contributed by atoms with Gasteiger partial charge in [-0.25, -0.2) is 0 Å².